The highest BCUT2D eigenvalue weighted by atomic mass is 16.6. The third-order valence-electron chi connectivity index (χ3n) is 3.42. The predicted octanol–water partition coefficient (Wildman–Crippen LogP) is 3.17. The molecule has 0 amide bonds. The number of ether oxygens (including phenoxy) is 1. The molecule has 1 heterocycles. The number of nitro benzene ring substituents is 4. The second kappa shape index (κ2) is 5.62. The molecule has 0 unspecified atom stereocenters. The van der Waals surface area contributed by atoms with E-state index in [1.807, 2.05) is 0 Å². The first-order valence-corrected chi connectivity index (χ1v) is 6.57. The van der Waals surface area contributed by atoms with Crippen molar-refractivity contribution in [3.63, 3.8) is 0 Å². The molecule has 2 aromatic rings. The lowest BCUT2D eigenvalue weighted by Crippen LogP contribution is -2.09. The number of rotatable bonds is 4. The van der Waals surface area contributed by atoms with E-state index in [4.69, 9.17) is 4.74 Å². The van der Waals surface area contributed by atoms with E-state index in [2.05, 4.69) is 5.32 Å². The van der Waals surface area contributed by atoms with Gasteiger partial charge in [0.15, 0.2) is 22.9 Å². The summed E-state index contributed by atoms with van der Waals surface area (Å²) in [5, 5.41) is 46.6. The van der Waals surface area contributed by atoms with Crippen LogP contribution in [0.25, 0.3) is 0 Å². The van der Waals surface area contributed by atoms with E-state index in [0.717, 1.165) is 12.1 Å². The van der Waals surface area contributed by atoms with Crippen LogP contribution in [0, 0.1) is 40.5 Å². The SMILES string of the molecule is O=[N+]([O-])c1cc2c(c([N+](=O)[O-])c1)Nc1c(cc([N+](=O)[O-])cc1[N+](=O)[O-])O2. The van der Waals surface area contributed by atoms with Crippen molar-refractivity contribution in [1.29, 1.82) is 0 Å². The number of hydrogen-bond donors (Lipinski definition) is 1. The van der Waals surface area contributed by atoms with Crippen molar-refractivity contribution in [3.05, 3.63) is 64.7 Å². The van der Waals surface area contributed by atoms with Crippen molar-refractivity contribution in [2.24, 2.45) is 0 Å². The van der Waals surface area contributed by atoms with E-state index in [-0.39, 0.29) is 22.9 Å². The summed E-state index contributed by atoms with van der Waals surface area (Å²) < 4.78 is 5.26. The maximum absolute atomic E-state index is 11.2. The fourth-order valence-electron chi connectivity index (χ4n) is 2.33. The summed E-state index contributed by atoms with van der Waals surface area (Å²) >= 11 is 0. The molecule has 26 heavy (non-hydrogen) atoms. The van der Waals surface area contributed by atoms with Crippen molar-refractivity contribution in [1.82, 2.24) is 0 Å². The summed E-state index contributed by atoms with van der Waals surface area (Å²) in [4.78, 5) is 40.6. The van der Waals surface area contributed by atoms with Gasteiger partial charge in [0.2, 0.25) is 0 Å². The smallest absolute Gasteiger partial charge is 0.303 e. The van der Waals surface area contributed by atoms with Gasteiger partial charge >= 0.3 is 11.4 Å². The highest BCUT2D eigenvalue weighted by Gasteiger charge is 2.35. The van der Waals surface area contributed by atoms with Crippen LogP contribution in [0.1, 0.15) is 0 Å². The quantitative estimate of drug-likeness (QED) is 0.531. The Balaban J connectivity index is 2.25. The van der Waals surface area contributed by atoms with Crippen LogP contribution in [0.4, 0.5) is 34.1 Å². The Morgan fingerprint density at radius 2 is 1.04 bits per heavy atom. The topological polar surface area (TPSA) is 194 Å². The zero-order valence-corrected chi connectivity index (χ0v) is 12.3. The number of fused-ring (bicyclic) bond motifs is 2. The largest absolute Gasteiger partial charge is 0.452 e. The third kappa shape index (κ3) is 2.56. The molecule has 14 heteroatoms. The van der Waals surface area contributed by atoms with Gasteiger partial charge in [0, 0.05) is 0 Å². The molecule has 0 fully saturated rings. The Bertz CT molecular complexity index is 939. The molecule has 1 aliphatic rings. The molecule has 0 saturated heterocycles. The average Bonchev–Trinajstić information content (AvgIpc) is 2.57. The van der Waals surface area contributed by atoms with Crippen molar-refractivity contribution < 1.29 is 24.4 Å². The molecule has 1 N–H and O–H groups in total. The highest BCUT2D eigenvalue weighted by molar-refractivity contribution is 5.88. The Kier molecular flexibility index (Phi) is 3.57. The zero-order valence-electron chi connectivity index (χ0n) is 12.3. The summed E-state index contributed by atoms with van der Waals surface area (Å²) in [6.07, 6.45) is 0. The Morgan fingerprint density at radius 1 is 0.654 bits per heavy atom. The molecule has 14 nitrogen and oxygen atoms in total. The molecular weight excluding hydrogens is 358 g/mol. The number of nitro groups is 4. The molecule has 0 spiro atoms. The minimum atomic E-state index is -0.926. The lowest BCUT2D eigenvalue weighted by molar-refractivity contribution is -0.394. The van der Waals surface area contributed by atoms with Crippen molar-refractivity contribution in [2.75, 3.05) is 5.32 Å². The van der Waals surface area contributed by atoms with Gasteiger partial charge in [-0.3, -0.25) is 40.5 Å². The maximum atomic E-state index is 11.2. The van der Waals surface area contributed by atoms with Gasteiger partial charge in [-0.05, 0) is 0 Å². The van der Waals surface area contributed by atoms with Crippen LogP contribution in [0.15, 0.2) is 24.3 Å². The summed E-state index contributed by atoms with van der Waals surface area (Å²) in [6, 6.07) is 3.06. The molecule has 1 aliphatic heterocycles. The monoisotopic (exact) mass is 363 g/mol. The van der Waals surface area contributed by atoms with Gasteiger partial charge in [0.1, 0.15) is 0 Å². The summed E-state index contributed by atoms with van der Waals surface area (Å²) in [5.41, 5.74) is -3.48. The van der Waals surface area contributed by atoms with Crippen LogP contribution < -0.4 is 10.1 Å². The van der Waals surface area contributed by atoms with Gasteiger partial charge in [0.25, 0.3) is 11.4 Å². The van der Waals surface area contributed by atoms with Crippen LogP contribution in [0.2, 0.25) is 0 Å². The van der Waals surface area contributed by atoms with Gasteiger partial charge in [-0.1, -0.05) is 0 Å². The second-order valence-electron chi connectivity index (χ2n) is 4.93. The standard InChI is InChI=1S/C12H5N5O9/c18-14(19)5-1-7(16(22)23)11-9(3-5)26-10-4-6(15(20)21)2-8(17(24)25)12(10)13-11/h1-4,13H. The van der Waals surface area contributed by atoms with Crippen molar-refractivity contribution >= 4 is 34.1 Å². The Hall–Kier alpha value is -4.36. The number of nitrogens with zero attached hydrogens (tertiary/aromatic N) is 4. The predicted molar refractivity (Wildman–Crippen MR) is 82.9 cm³/mol. The van der Waals surface area contributed by atoms with Crippen molar-refractivity contribution in [3.8, 4) is 11.5 Å². The molecule has 0 saturated carbocycles. The molecule has 132 valence electrons. The number of non-ortho nitro benzene ring substituents is 2. The van der Waals surface area contributed by atoms with E-state index in [1.54, 1.807) is 0 Å². The molecule has 0 atom stereocenters. The molecule has 0 radical (unpaired) electrons. The third-order valence-corrected chi connectivity index (χ3v) is 3.42. The molecule has 2 aromatic carbocycles. The van der Waals surface area contributed by atoms with Gasteiger partial charge in [-0.15, -0.1) is 0 Å². The first-order valence-electron chi connectivity index (χ1n) is 6.57. The van der Waals surface area contributed by atoms with E-state index in [1.165, 1.54) is 0 Å². The summed E-state index contributed by atoms with van der Waals surface area (Å²) in [7, 11) is 0. The van der Waals surface area contributed by atoms with E-state index in [0.29, 0.717) is 12.1 Å². The van der Waals surface area contributed by atoms with Crippen LogP contribution >= 0.6 is 0 Å². The van der Waals surface area contributed by atoms with Crippen molar-refractivity contribution in [2.45, 2.75) is 0 Å². The van der Waals surface area contributed by atoms with Gasteiger partial charge in [-0.2, -0.15) is 0 Å². The first-order chi connectivity index (χ1) is 12.2. The van der Waals surface area contributed by atoms with Crippen LogP contribution in [-0.4, -0.2) is 19.7 Å². The van der Waals surface area contributed by atoms with E-state index in [9.17, 15) is 40.5 Å². The molecule has 0 aliphatic carbocycles. The Morgan fingerprint density at radius 3 is 1.35 bits per heavy atom. The normalized spacial score (nSPS) is 11.4. The molecular formula is C12H5N5O9. The van der Waals surface area contributed by atoms with Gasteiger partial charge in [0.05, 0.1) is 44.0 Å². The second-order valence-corrected chi connectivity index (χ2v) is 4.93. The lowest BCUT2D eigenvalue weighted by atomic mass is 10.1. The van der Waals surface area contributed by atoms with Crippen LogP contribution in [-0.2, 0) is 0 Å². The minimum absolute atomic E-state index is 0.343. The summed E-state index contributed by atoms with van der Waals surface area (Å²) in [6.45, 7) is 0. The molecule has 3 rings (SSSR count). The Labute approximate surface area is 141 Å². The average molecular weight is 363 g/mol. The lowest BCUT2D eigenvalue weighted by Gasteiger charge is -2.20. The first kappa shape index (κ1) is 16.5. The maximum Gasteiger partial charge on any atom is 0.303 e. The van der Waals surface area contributed by atoms with E-state index >= 15 is 0 Å². The number of nitrogens with one attached hydrogen (secondary N) is 1. The van der Waals surface area contributed by atoms with Crippen LogP contribution in [0.3, 0.4) is 0 Å². The number of benzene rings is 2. The van der Waals surface area contributed by atoms with E-state index < -0.39 is 42.4 Å². The molecule has 0 bridgehead atoms. The van der Waals surface area contributed by atoms with Gasteiger partial charge < -0.3 is 10.1 Å². The number of anilines is 2. The summed E-state index contributed by atoms with van der Waals surface area (Å²) in [5.74, 6) is -0.735. The fraction of sp³-hybridized carbons (Fsp3) is 0. The van der Waals surface area contributed by atoms with Crippen LogP contribution in [0.5, 0.6) is 11.5 Å². The molecule has 0 aromatic heterocycles. The minimum Gasteiger partial charge on any atom is -0.452 e. The number of hydrogen-bond acceptors (Lipinski definition) is 10. The zero-order chi connectivity index (χ0) is 19.2. The van der Waals surface area contributed by atoms with Gasteiger partial charge in [-0.25, -0.2) is 0 Å². The fourth-order valence-corrected chi connectivity index (χ4v) is 2.33. The highest BCUT2D eigenvalue weighted by Crippen LogP contribution is 2.52.